The van der Waals surface area contributed by atoms with E-state index in [-0.39, 0.29) is 30.8 Å². The number of carbonyl (C=O) groups is 2. The van der Waals surface area contributed by atoms with Crippen molar-refractivity contribution < 1.29 is 22.7 Å². The normalized spacial score (nSPS) is 12.2. The molecule has 0 aliphatic carbocycles. The van der Waals surface area contributed by atoms with Crippen LogP contribution in [-0.2, 0) is 26.2 Å². The van der Waals surface area contributed by atoms with E-state index in [9.17, 15) is 18.0 Å². The Hall–Kier alpha value is -3.07. The highest BCUT2D eigenvalue weighted by Gasteiger charge is 2.27. The Morgan fingerprint density at radius 2 is 1.63 bits per heavy atom. The number of nitrogens with zero attached hydrogens (tertiary/aromatic N) is 2. The predicted molar refractivity (Wildman–Crippen MR) is 139 cm³/mol. The molecule has 2 aromatic rings. The Bertz CT molecular complexity index is 1060. The molecule has 0 spiro atoms. The molecule has 2 rings (SSSR count). The van der Waals surface area contributed by atoms with E-state index in [1.54, 1.807) is 36.1 Å². The topological polar surface area (TPSA) is 96.0 Å². The number of sulfonamides is 1. The predicted octanol–water partition coefficient (Wildman–Crippen LogP) is 3.57. The van der Waals surface area contributed by atoms with Gasteiger partial charge in [0.1, 0.15) is 11.8 Å². The monoisotopic (exact) mass is 503 g/mol. The Morgan fingerprint density at radius 1 is 1.00 bits per heavy atom. The first-order valence-corrected chi connectivity index (χ1v) is 13.7. The maximum absolute atomic E-state index is 13.2. The summed E-state index contributed by atoms with van der Waals surface area (Å²) in [6, 6.07) is 15.6. The Morgan fingerprint density at radius 3 is 2.17 bits per heavy atom. The number of nitrogens with one attached hydrogen (secondary N) is 1. The summed E-state index contributed by atoms with van der Waals surface area (Å²) in [6.07, 6.45) is 1.56. The van der Waals surface area contributed by atoms with Crippen LogP contribution in [-0.4, -0.2) is 56.6 Å². The first kappa shape index (κ1) is 28.2. The number of hydrogen-bond acceptors (Lipinski definition) is 5. The molecule has 0 aliphatic heterocycles. The smallest absolute Gasteiger partial charge is 0.242 e. The Labute approximate surface area is 209 Å². The third-order valence-electron chi connectivity index (χ3n) is 5.38. The lowest BCUT2D eigenvalue weighted by Gasteiger charge is -2.30. The number of benzene rings is 2. The third kappa shape index (κ3) is 8.90. The quantitative estimate of drug-likeness (QED) is 0.451. The van der Waals surface area contributed by atoms with E-state index >= 15 is 0 Å². The summed E-state index contributed by atoms with van der Waals surface area (Å²) < 4.78 is 31.6. The summed E-state index contributed by atoms with van der Waals surface area (Å²) in [5.41, 5.74) is 1.42. The van der Waals surface area contributed by atoms with Crippen molar-refractivity contribution in [3.8, 4) is 5.75 Å². The van der Waals surface area contributed by atoms with Crippen molar-refractivity contribution >= 4 is 27.5 Å². The Balaban J connectivity index is 2.12. The van der Waals surface area contributed by atoms with E-state index in [0.717, 1.165) is 11.8 Å². The van der Waals surface area contributed by atoms with Gasteiger partial charge < -0.3 is 15.0 Å². The van der Waals surface area contributed by atoms with Crippen LogP contribution >= 0.6 is 0 Å². The fraction of sp³-hybridized carbons (Fsp3) is 0.462. The van der Waals surface area contributed by atoms with Gasteiger partial charge in [0.05, 0.1) is 18.6 Å². The second-order valence-corrected chi connectivity index (χ2v) is 10.6. The van der Waals surface area contributed by atoms with Gasteiger partial charge in [-0.05, 0) is 63.9 Å². The molecule has 0 radical (unpaired) electrons. The zero-order valence-electron chi connectivity index (χ0n) is 21.2. The second-order valence-electron chi connectivity index (χ2n) is 8.71. The summed E-state index contributed by atoms with van der Waals surface area (Å²) in [5.74, 6) is 0.224. The van der Waals surface area contributed by atoms with E-state index in [2.05, 4.69) is 5.32 Å². The molecule has 0 heterocycles. The molecule has 0 saturated heterocycles. The van der Waals surface area contributed by atoms with Crippen LogP contribution in [0.1, 0.15) is 46.1 Å². The van der Waals surface area contributed by atoms with Gasteiger partial charge in [-0.25, -0.2) is 8.42 Å². The van der Waals surface area contributed by atoms with Gasteiger partial charge in [0, 0.05) is 25.6 Å². The van der Waals surface area contributed by atoms with Gasteiger partial charge in [-0.2, -0.15) is 0 Å². The van der Waals surface area contributed by atoms with Crippen LogP contribution in [0.25, 0.3) is 0 Å². The van der Waals surface area contributed by atoms with Crippen molar-refractivity contribution in [3.63, 3.8) is 0 Å². The molecular formula is C26H37N3O5S. The zero-order valence-corrected chi connectivity index (χ0v) is 22.0. The van der Waals surface area contributed by atoms with E-state index in [4.69, 9.17) is 4.74 Å². The van der Waals surface area contributed by atoms with Gasteiger partial charge in [-0.3, -0.25) is 13.9 Å². The first-order valence-electron chi connectivity index (χ1n) is 11.9. The summed E-state index contributed by atoms with van der Waals surface area (Å²) in [6.45, 7) is 8.28. The second kappa shape index (κ2) is 13.1. The van der Waals surface area contributed by atoms with Crippen molar-refractivity contribution in [2.45, 2.75) is 59.2 Å². The molecule has 35 heavy (non-hydrogen) atoms. The van der Waals surface area contributed by atoms with E-state index in [1.807, 2.05) is 51.1 Å². The van der Waals surface area contributed by atoms with Gasteiger partial charge in [-0.1, -0.05) is 30.3 Å². The van der Waals surface area contributed by atoms with Crippen molar-refractivity contribution in [2.75, 3.05) is 23.7 Å². The number of hydrogen-bond donors (Lipinski definition) is 1. The third-order valence-corrected chi connectivity index (χ3v) is 6.58. The molecule has 2 aromatic carbocycles. The number of ether oxygens (including phenoxy) is 1. The standard InChI is InChI=1S/C26H37N3O5S/c1-6-34-24-16-14-23(15-17-24)29(35(5,32)33)18-10-13-25(30)28(19-22-11-8-7-9-12-22)21(4)26(31)27-20(2)3/h7-9,11-12,14-17,20-21H,6,10,13,18-19H2,1-5H3,(H,27,31)/t21-/m0/s1. The number of anilines is 1. The van der Waals surface area contributed by atoms with Crippen molar-refractivity contribution in [2.24, 2.45) is 0 Å². The molecule has 9 heteroatoms. The lowest BCUT2D eigenvalue weighted by molar-refractivity contribution is -0.140. The summed E-state index contributed by atoms with van der Waals surface area (Å²) in [7, 11) is -3.55. The van der Waals surface area contributed by atoms with Gasteiger partial charge in [0.2, 0.25) is 21.8 Å². The zero-order chi connectivity index (χ0) is 26.0. The number of amides is 2. The van der Waals surface area contributed by atoms with Gasteiger partial charge in [-0.15, -0.1) is 0 Å². The largest absolute Gasteiger partial charge is 0.494 e. The van der Waals surface area contributed by atoms with E-state index in [1.165, 1.54) is 4.31 Å². The molecule has 0 aliphatic rings. The minimum absolute atomic E-state index is 0.0453. The van der Waals surface area contributed by atoms with Crippen LogP contribution in [0.2, 0.25) is 0 Å². The van der Waals surface area contributed by atoms with E-state index in [0.29, 0.717) is 31.0 Å². The lowest BCUT2D eigenvalue weighted by Crippen LogP contribution is -2.49. The van der Waals surface area contributed by atoms with Gasteiger partial charge in [0.15, 0.2) is 0 Å². The van der Waals surface area contributed by atoms with Crippen molar-refractivity contribution in [1.82, 2.24) is 10.2 Å². The van der Waals surface area contributed by atoms with Crippen LogP contribution < -0.4 is 14.4 Å². The molecule has 192 valence electrons. The fourth-order valence-electron chi connectivity index (χ4n) is 3.65. The molecule has 0 fully saturated rings. The van der Waals surface area contributed by atoms with Crippen LogP contribution in [0.4, 0.5) is 5.69 Å². The maximum Gasteiger partial charge on any atom is 0.242 e. The minimum Gasteiger partial charge on any atom is -0.494 e. The molecule has 1 N–H and O–H groups in total. The Kier molecular flexibility index (Phi) is 10.6. The number of rotatable bonds is 13. The van der Waals surface area contributed by atoms with Crippen LogP contribution in [0, 0.1) is 0 Å². The average molecular weight is 504 g/mol. The summed E-state index contributed by atoms with van der Waals surface area (Å²) >= 11 is 0. The molecule has 0 aromatic heterocycles. The first-order chi connectivity index (χ1) is 16.5. The molecule has 0 unspecified atom stereocenters. The fourth-order valence-corrected chi connectivity index (χ4v) is 4.61. The van der Waals surface area contributed by atoms with Crippen LogP contribution in [0.15, 0.2) is 54.6 Å². The molecule has 8 nitrogen and oxygen atoms in total. The summed E-state index contributed by atoms with van der Waals surface area (Å²) in [5, 5.41) is 2.86. The maximum atomic E-state index is 13.2. The summed E-state index contributed by atoms with van der Waals surface area (Å²) in [4.78, 5) is 27.4. The van der Waals surface area contributed by atoms with Crippen LogP contribution in [0.3, 0.4) is 0 Å². The molecular weight excluding hydrogens is 466 g/mol. The lowest BCUT2D eigenvalue weighted by atomic mass is 10.1. The minimum atomic E-state index is -3.55. The molecule has 0 bridgehead atoms. The SMILES string of the molecule is CCOc1ccc(N(CCCC(=O)N(Cc2ccccc2)[C@@H](C)C(=O)NC(C)C)S(C)(=O)=O)cc1. The average Bonchev–Trinajstić information content (AvgIpc) is 2.80. The highest BCUT2D eigenvalue weighted by molar-refractivity contribution is 7.92. The van der Waals surface area contributed by atoms with Crippen LogP contribution in [0.5, 0.6) is 5.75 Å². The highest BCUT2D eigenvalue weighted by atomic mass is 32.2. The van der Waals surface area contributed by atoms with Gasteiger partial charge >= 0.3 is 0 Å². The van der Waals surface area contributed by atoms with Crippen molar-refractivity contribution in [1.29, 1.82) is 0 Å². The van der Waals surface area contributed by atoms with E-state index < -0.39 is 16.1 Å². The number of carbonyl (C=O) groups excluding carboxylic acids is 2. The van der Waals surface area contributed by atoms with Crippen molar-refractivity contribution in [3.05, 3.63) is 60.2 Å². The molecule has 0 saturated carbocycles. The highest BCUT2D eigenvalue weighted by Crippen LogP contribution is 2.22. The van der Waals surface area contributed by atoms with Gasteiger partial charge in [0.25, 0.3) is 0 Å². The molecule has 2 amide bonds. The molecule has 1 atom stereocenters.